The molecule has 12 atom stereocenters. The molecule has 0 aromatic heterocycles. The third-order valence-electron chi connectivity index (χ3n) is 19.1. The zero-order valence-corrected chi connectivity index (χ0v) is 40.9. The molecule has 9 heteroatoms. The van der Waals surface area contributed by atoms with Crippen molar-refractivity contribution in [2.45, 2.75) is 178 Å². The van der Waals surface area contributed by atoms with E-state index < -0.39 is 10.8 Å². The predicted octanol–water partition coefficient (Wildman–Crippen LogP) is 6.45. The van der Waals surface area contributed by atoms with Crippen molar-refractivity contribution in [3.8, 4) is 0 Å². The van der Waals surface area contributed by atoms with Crippen LogP contribution in [0.15, 0.2) is 12.2 Å². The van der Waals surface area contributed by atoms with Gasteiger partial charge in [-0.2, -0.15) is 0 Å². The van der Waals surface area contributed by atoms with E-state index in [1.54, 1.807) is 13.8 Å². The van der Waals surface area contributed by atoms with E-state index in [1.807, 2.05) is 6.29 Å². The minimum Gasteiger partial charge on any atom is -0.870 e. The van der Waals surface area contributed by atoms with Crippen LogP contribution < -0.4 is 56.7 Å². The Labute approximate surface area is 388 Å². The van der Waals surface area contributed by atoms with Gasteiger partial charge in [-0.1, -0.05) is 74.5 Å². The summed E-state index contributed by atoms with van der Waals surface area (Å²) in [6.07, 6.45) is 16.6. The number of nitrogens with zero attached hydrogens (tertiary/aromatic N) is 1. The van der Waals surface area contributed by atoms with Crippen LogP contribution in [0, 0.1) is 73.4 Å². The first-order valence-electron chi connectivity index (χ1n) is 22.4. The summed E-state index contributed by atoms with van der Waals surface area (Å²) in [5, 5.41) is 3.66. The quantitative estimate of drug-likeness (QED) is 0.130. The third kappa shape index (κ3) is 7.38. The molecule has 6 saturated carbocycles. The van der Waals surface area contributed by atoms with E-state index in [9.17, 15) is 14.4 Å². The first-order valence-corrected chi connectivity index (χ1v) is 22.4. The minimum atomic E-state index is -0.836. The number of ether oxygens (including phenoxy) is 1. The fourth-order valence-corrected chi connectivity index (χ4v) is 15.5. The molecule has 0 bridgehead atoms. The molecule has 0 aromatic rings. The van der Waals surface area contributed by atoms with Gasteiger partial charge in [0, 0.05) is 36.9 Å². The normalized spacial score (nSPS) is 42.8. The predicted molar refractivity (Wildman–Crippen MR) is 219 cm³/mol. The van der Waals surface area contributed by atoms with Crippen molar-refractivity contribution >= 4 is 24.1 Å². The second-order valence-corrected chi connectivity index (χ2v) is 22.9. The maximum absolute atomic E-state index is 15.1. The maximum Gasteiger partial charge on any atom is 1.00 e. The van der Waals surface area contributed by atoms with Gasteiger partial charge in [0.1, 0.15) is 6.10 Å². The largest absolute Gasteiger partial charge is 1.00 e. The van der Waals surface area contributed by atoms with Crippen LogP contribution >= 0.6 is 0 Å². The minimum absolute atomic E-state index is 0. The summed E-state index contributed by atoms with van der Waals surface area (Å²) in [5.41, 5.74) is -0.125. The molecule has 1 saturated heterocycles. The summed E-state index contributed by atoms with van der Waals surface area (Å²) in [4.78, 5) is 55.3. The summed E-state index contributed by atoms with van der Waals surface area (Å²) in [6.45, 7) is 28.9. The molecule has 2 amide bonds. The SMILES string of the molecule is C=C(C)[C@@H]1CC[C@]2(C(=O)NC3C[C@H](C(=O)N4CCCCC4)C3(C)C)CC[C@@]3(C)C4CC[C@H]5C(C)(C)[C@@H](OC(=O)CC(C)(C)[C-]=O)CC[C@]5(C)[C@H]4CC[C@]3(C)C12.[K+].[OH-]. The molecule has 7 fully saturated rings. The Kier molecular flexibility index (Phi) is 13.6. The molecular formula is C48H76KN2O6-. The van der Waals surface area contributed by atoms with Crippen LogP contribution in [0.25, 0.3) is 0 Å². The van der Waals surface area contributed by atoms with Crippen LogP contribution in [0.5, 0.6) is 0 Å². The average molecular weight is 816 g/mol. The van der Waals surface area contributed by atoms with Gasteiger partial charge in [0.2, 0.25) is 11.8 Å². The molecule has 0 aromatic carbocycles. The molecule has 8 nitrogen and oxygen atoms in total. The molecule has 7 aliphatic rings. The number of nitrogens with one attached hydrogen (secondary N) is 1. The number of carbonyl (C=O) groups excluding carboxylic acids is 4. The summed E-state index contributed by atoms with van der Waals surface area (Å²) in [7, 11) is 0. The Morgan fingerprint density at radius 1 is 0.825 bits per heavy atom. The van der Waals surface area contributed by atoms with Gasteiger partial charge in [0.25, 0.3) is 0 Å². The number of esters is 1. The van der Waals surface area contributed by atoms with Crippen molar-refractivity contribution in [1.82, 2.24) is 10.2 Å². The second kappa shape index (κ2) is 16.3. The zero-order valence-electron chi connectivity index (χ0n) is 37.8. The van der Waals surface area contributed by atoms with Crippen molar-refractivity contribution < 1.29 is 80.8 Å². The Bertz CT molecular complexity index is 1590. The van der Waals surface area contributed by atoms with Crippen molar-refractivity contribution in [2.75, 3.05) is 13.1 Å². The van der Waals surface area contributed by atoms with E-state index in [1.165, 1.54) is 24.8 Å². The number of amides is 2. The first-order chi connectivity index (χ1) is 25.6. The van der Waals surface area contributed by atoms with E-state index in [0.717, 1.165) is 83.7 Å². The summed E-state index contributed by atoms with van der Waals surface area (Å²) >= 11 is 0. The van der Waals surface area contributed by atoms with Crippen LogP contribution in [0.3, 0.4) is 0 Å². The van der Waals surface area contributed by atoms with Crippen LogP contribution in [-0.2, 0) is 23.9 Å². The van der Waals surface area contributed by atoms with E-state index in [2.05, 4.69) is 72.2 Å². The summed E-state index contributed by atoms with van der Waals surface area (Å²) in [6, 6.07) is 0.0253. The molecule has 6 aliphatic carbocycles. The van der Waals surface area contributed by atoms with Gasteiger partial charge in [-0.15, -0.1) is 5.41 Å². The number of fused-ring (bicyclic) bond motifs is 7. The molecule has 1 heterocycles. The Morgan fingerprint density at radius 3 is 2.11 bits per heavy atom. The third-order valence-corrected chi connectivity index (χ3v) is 19.1. The van der Waals surface area contributed by atoms with Crippen LogP contribution in [0.2, 0.25) is 0 Å². The van der Waals surface area contributed by atoms with Gasteiger partial charge in [-0.3, -0.25) is 20.7 Å². The first kappa shape index (κ1) is 47.5. The molecule has 2 N–H and O–H groups in total. The second-order valence-electron chi connectivity index (χ2n) is 22.9. The van der Waals surface area contributed by atoms with Gasteiger partial charge in [-0.05, 0) is 148 Å². The molecule has 7 rings (SSSR count). The fraction of sp³-hybridized carbons (Fsp3) is 0.875. The number of carbonyl (C=O) groups is 3. The average Bonchev–Trinajstić information content (AvgIpc) is 3.54. The molecule has 1 aliphatic heterocycles. The Hall–Kier alpha value is -0.584. The summed E-state index contributed by atoms with van der Waals surface area (Å²) in [5.74, 6) is 2.49. The van der Waals surface area contributed by atoms with Crippen molar-refractivity contribution in [1.29, 1.82) is 0 Å². The van der Waals surface area contributed by atoms with Gasteiger partial charge in [0.15, 0.2) is 0 Å². The van der Waals surface area contributed by atoms with E-state index in [0.29, 0.717) is 29.6 Å². The molecule has 0 radical (unpaired) electrons. The molecule has 3 unspecified atom stereocenters. The molecule has 316 valence electrons. The fourth-order valence-electron chi connectivity index (χ4n) is 15.5. The molecular weight excluding hydrogens is 740 g/mol. The van der Waals surface area contributed by atoms with Crippen molar-refractivity contribution in [2.24, 2.45) is 73.4 Å². The number of likely N-dealkylation sites (tertiary alicyclic amines) is 1. The zero-order chi connectivity index (χ0) is 40.1. The molecule has 0 spiro atoms. The van der Waals surface area contributed by atoms with Gasteiger partial charge < -0.3 is 25.2 Å². The van der Waals surface area contributed by atoms with Crippen LogP contribution in [0.1, 0.15) is 166 Å². The smallest absolute Gasteiger partial charge is 0.870 e. The number of hydrogen-bond acceptors (Lipinski definition) is 6. The van der Waals surface area contributed by atoms with Crippen LogP contribution in [-0.4, -0.2) is 59.7 Å². The standard InChI is InChI=1S/C48H75N2O5.K.H2O/c1-30(2)31-17-22-48(41(54)49-36-27-34(43(36,5)6)40(53)50-25-13-12-14-26-50)24-23-46(10)33-15-16-35-44(7,8)37(55-38(52)28-42(3,4)29-51)19-20-45(35,9)32(33)18-21-47(46,11)39(31)48;;/h31-37,39H,1,12-28H2,2-11H3,(H,49,54);;1H2/q-1;+1;/p-1/t31-,32-,33?,34+,35-,36?,37-,39?,45+,46-,47+,48-;;/m0../s1. The Morgan fingerprint density at radius 2 is 1.49 bits per heavy atom. The number of piperidine rings is 1. The number of rotatable bonds is 8. The van der Waals surface area contributed by atoms with Gasteiger partial charge in [-0.25, -0.2) is 0 Å². The Balaban J connectivity index is 0.00000310. The summed E-state index contributed by atoms with van der Waals surface area (Å²) < 4.78 is 6.23. The van der Waals surface area contributed by atoms with E-state index >= 15 is 4.79 Å². The van der Waals surface area contributed by atoms with Crippen molar-refractivity contribution in [3.63, 3.8) is 0 Å². The van der Waals surface area contributed by atoms with Crippen molar-refractivity contribution in [3.05, 3.63) is 12.2 Å². The van der Waals surface area contributed by atoms with Crippen LogP contribution in [0.4, 0.5) is 0 Å². The maximum atomic E-state index is 15.1. The molecule has 57 heavy (non-hydrogen) atoms. The van der Waals surface area contributed by atoms with E-state index in [4.69, 9.17) is 4.74 Å². The van der Waals surface area contributed by atoms with E-state index in [-0.39, 0.29) is 126 Å². The number of allylic oxidation sites excluding steroid dienone is 1. The topological polar surface area (TPSA) is 123 Å². The van der Waals surface area contributed by atoms with Gasteiger partial charge >= 0.3 is 57.4 Å². The number of hydrogen-bond donors (Lipinski definition) is 1. The monoisotopic (exact) mass is 816 g/mol. The van der Waals surface area contributed by atoms with Gasteiger partial charge in [0.05, 0.1) is 5.41 Å².